The van der Waals surface area contributed by atoms with E-state index in [2.05, 4.69) is 33.0 Å². The molecule has 1 aromatic rings. The van der Waals surface area contributed by atoms with Gasteiger partial charge in [-0.3, -0.25) is 4.79 Å². The minimum absolute atomic E-state index is 0.0421. The molecule has 4 nitrogen and oxygen atoms in total. The number of benzene rings is 1. The van der Waals surface area contributed by atoms with Gasteiger partial charge >= 0.3 is 0 Å². The summed E-state index contributed by atoms with van der Waals surface area (Å²) < 4.78 is 0. The van der Waals surface area contributed by atoms with E-state index in [-0.39, 0.29) is 24.3 Å². The van der Waals surface area contributed by atoms with Gasteiger partial charge < -0.3 is 15.5 Å². The lowest BCUT2D eigenvalue weighted by Gasteiger charge is -2.26. The molecule has 4 heteroatoms. The van der Waals surface area contributed by atoms with Crippen LogP contribution in [0.2, 0.25) is 0 Å². The Labute approximate surface area is 127 Å². The minimum atomic E-state index is -1.02. The van der Waals surface area contributed by atoms with E-state index >= 15 is 0 Å². The molecular formula is C17H27NO3. The van der Waals surface area contributed by atoms with Crippen LogP contribution in [0.5, 0.6) is 0 Å². The lowest BCUT2D eigenvalue weighted by Crippen LogP contribution is -2.35. The molecule has 0 bridgehead atoms. The van der Waals surface area contributed by atoms with Crippen LogP contribution < -0.4 is 5.32 Å². The Kier molecular flexibility index (Phi) is 6.37. The number of hydrogen-bond acceptors (Lipinski definition) is 3. The van der Waals surface area contributed by atoms with E-state index in [4.69, 9.17) is 0 Å². The number of aliphatic hydroxyl groups excluding tert-OH is 2. The summed E-state index contributed by atoms with van der Waals surface area (Å²) in [7, 11) is 0. The van der Waals surface area contributed by atoms with Gasteiger partial charge in [-0.15, -0.1) is 0 Å². The molecule has 1 aromatic carbocycles. The fraction of sp³-hybridized carbons (Fsp3) is 0.588. The Morgan fingerprint density at radius 2 is 1.57 bits per heavy atom. The molecule has 0 aliphatic heterocycles. The van der Waals surface area contributed by atoms with Gasteiger partial charge in [-0.05, 0) is 28.5 Å². The summed E-state index contributed by atoms with van der Waals surface area (Å²) in [6.45, 7) is 9.69. The summed E-state index contributed by atoms with van der Waals surface area (Å²) >= 11 is 0. The molecule has 118 valence electrons. The lowest BCUT2D eigenvalue weighted by atomic mass is 9.84. The zero-order valence-electron chi connectivity index (χ0n) is 13.6. The van der Waals surface area contributed by atoms with Gasteiger partial charge in [-0.2, -0.15) is 0 Å². The Morgan fingerprint density at radius 1 is 1.10 bits per heavy atom. The van der Waals surface area contributed by atoms with Crippen LogP contribution in [-0.2, 0) is 4.79 Å². The number of carbonyl (C=O) groups excluding carboxylic acids is 1. The van der Waals surface area contributed by atoms with Gasteiger partial charge in [0.15, 0.2) is 0 Å². The van der Waals surface area contributed by atoms with Crippen LogP contribution in [-0.4, -0.2) is 28.8 Å². The standard InChI is InChI=1S/C17H27NO3/c1-10(2)13-7-6-8-14(11(3)4)16(13)17(21)15(20)9-18-12(5)19/h6-8,10-11,15,17,20-21H,9H2,1-5H3,(H,18,19). The average Bonchev–Trinajstić information content (AvgIpc) is 2.42. The first kappa shape index (κ1) is 17.7. The van der Waals surface area contributed by atoms with E-state index in [0.717, 1.165) is 16.7 Å². The number of aliphatic hydroxyl groups is 2. The second-order valence-corrected chi connectivity index (χ2v) is 6.11. The first-order valence-corrected chi connectivity index (χ1v) is 7.49. The van der Waals surface area contributed by atoms with Crippen molar-refractivity contribution in [1.82, 2.24) is 5.32 Å². The summed E-state index contributed by atoms with van der Waals surface area (Å²) in [5.41, 5.74) is 2.87. The summed E-state index contributed by atoms with van der Waals surface area (Å²) in [5, 5.41) is 23.3. The molecule has 2 unspecified atom stereocenters. The third-order valence-electron chi connectivity index (χ3n) is 3.64. The highest BCUT2D eigenvalue weighted by Crippen LogP contribution is 2.33. The van der Waals surface area contributed by atoms with E-state index in [1.54, 1.807) is 0 Å². The van der Waals surface area contributed by atoms with Crippen molar-refractivity contribution in [2.24, 2.45) is 0 Å². The van der Waals surface area contributed by atoms with Crippen molar-refractivity contribution in [2.45, 2.75) is 58.7 Å². The second-order valence-electron chi connectivity index (χ2n) is 6.11. The number of carbonyl (C=O) groups is 1. The van der Waals surface area contributed by atoms with Crippen LogP contribution in [0.15, 0.2) is 18.2 Å². The highest BCUT2D eigenvalue weighted by Gasteiger charge is 2.25. The normalized spacial score (nSPS) is 14.3. The van der Waals surface area contributed by atoms with Crippen LogP contribution in [0.1, 0.15) is 69.2 Å². The molecule has 3 N–H and O–H groups in total. The van der Waals surface area contributed by atoms with Crippen molar-refractivity contribution in [1.29, 1.82) is 0 Å². The summed E-state index contributed by atoms with van der Waals surface area (Å²) in [5.74, 6) is 0.283. The molecule has 0 aromatic heterocycles. The van der Waals surface area contributed by atoms with Gasteiger partial charge in [0.05, 0.1) is 0 Å². The van der Waals surface area contributed by atoms with Crippen molar-refractivity contribution in [3.8, 4) is 0 Å². The van der Waals surface area contributed by atoms with Gasteiger partial charge in [-0.1, -0.05) is 45.9 Å². The molecule has 0 radical (unpaired) electrons. The molecule has 1 rings (SSSR count). The molecule has 0 fully saturated rings. The van der Waals surface area contributed by atoms with E-state index in [1.807, 2.05) is 18.2 Å². The summed E-state index contributed by atoms with van der Waals surface area (Å²) in [6, 6.07) is 5.96. The second kappa shape index (κ2) is 7.57. The highest BCUT2D eigenvalue weighted by molar-refractivity contribution is 5.72. The number of hydrogen-bond donors (Lipinski definition) is 3. The van der Waals surface area contributed by atoms with Gasteiger partial charge in [0.1, 0.15) is 12.2 Å². The van der Waals surface area contributed by atoms with Crippen LogP contribution in [0.3, 0.4) is 0 Å². The zero-order chi connectivity index (χ0) is 16.2. The molecular weight excluding hydrogens is 266 g/mol. The Bertz CT molecular complexity index is 457. The average molecular weight is 293 g/mol. The number of nitrogens with one attached hydrogen (secondary N) is 1. The Balaban J connectivity index is 3.16. The van der Waals surface area contributed by atoms with E-state index in [1.165, 1.54) is 6.92 Å². The molecule has 0 aliphatic carbocycles. The Hall–Kier alpha value is -1.39. The number of rotatable bonds is 6. The SMILES string of the molecule is CC(=O)NCC(O)C(O)c1c(C(C)C)cccc1C(C)C. The van der Waals surface area contributed by atoms with Crippen molar-refractivity contribution in [2.75, 3.05) is 6.54 Å². The molecule has 0 aliphatic rings. The molecule has 0 saturated carbocycles. The smallest absolute Gasteiger partial charge is 0.216 e. The molecule has 2 atom stereocenters. The fourth-order valence-electron chi connectivity index (χ4n) is 2.50. The first-order chi connectivity index (χ1) is 9.75. The molecule has 0 heterocycles. The van der Waals surface area contributed by atoms with E-state index in [0.29, 0.717) is 0 Å². The number of amides is 1. The maximum absolute atomic E-state index is 11.0. The topological polar surface area (TPSA) is 69.6 Å². The molecule has 0 spiro atoms. The van der Waals surface area contributed by atoms with Crippen molar-refractivity contribution in [3.05, 3.63) is 34.9 Å². The summed E-state index contributed by atoms with van der Waals surface area (Å²) in [6.07, 6.45) is -2.03. The zero-order valence-corrected chi connectivity index (χ0v) is 13.6. The van der Waals surface area contributed by atoms with E-state index < -0.39 is 12.2 Å². The summed E-state index contributed by atoms with van der Waals surface area (Å²) in [4.78, 5) is 11.0. The van der Waals surface area contributed by atoms with Gasteiger partial charge in [0, 0.05) is 13.5 Å². The largest absolute Gasteiger partial charge is 0.388 e. The minimum Gasteiger partial charge on any atom is -0.388 e. The maximum atomic E-state index is 11.0. The van der Waals surface area contributed by atoms with E-state index in [9.17, 15) is 15.0 Å². The van der Waals surface area contributed by atoms with Gasteiger partial charge in [-0.25, -0.2) is 0 Å². The third kappa shape index (κ3) is 4.55. The van der Waals surface area contributed by atoms with Crippen LogP contribution in [0, 0.1) is 0 Å². The van der Waals surface area contributed by atoms with Crippen molar-refractivity contribution < 1.29 is 15.0 Å². The molecule has 0 saturated heterocycles. The predicted octanol–water partition coefficient (Wildman–Crippen LogP) is 2.46. The first-order valence-electron chi connectivity index (χ1n) is 7.49. The van der Waals surface area contributed by atoms with Gasteiger partial charge in [0.2, 0.25) is 5.91 Å². The monoisotopic (exact) mass is 293 g/mol. The molecule has 21 heavy (non-hydrogen) atoms. The quantitative estimate of drug-likeness (QED) is 0.754. The lowest BCUT2D eigenvalue weighted by molar-refractivity contribution is -0.119. The van der Waals surface area contributed by atoms with Crippen molar-refractivity contribution in [3.63, 3.8) is 0 Å². The maximum Gasteiger partial charge on any atom is 0.216 e. The highest BCUT2D eigenvalue weighted by atomic mass is 16.3. The Morgan fingerprint density at radius 3 is 1.95 bits per heavy atom. The van der Waals surface area contributed by atoms with Gasteiger partial charge in [0.25, 0.3) is 0 Å². The van der Waals surface area contributed by atoms with Crippen LogP contribution in [0.4, 0.5) is 0 Å². The fourth-order valence-corrected chi connectivity index (χ4v) is 2.50. The van der Waals surface area contributed by atoms with Crippen LogP contribution in [0.25, 0.3) is 0 Å². The molecule has 1 amide bonds. The predicted molar refractivity (Wildman–Crippen MR) is 84.3 cm³/mol. The van der Waals surface area contributed by atoms with Crippen LogP contribution >= 0.6 is 0 Å². The van der Waals surface area contributed by atoms with Crippen molar-refractivity contribution >= 4 is 5.91 Å². The third-order valence-corrected chi connectivity index (χ3v) is 3.64.